The molecule has 2 aromatic carbocycles. The van der Waals surface area contributed by atoms with E-state index in [4.69, 9.17) is 0 Å². The predicted molar refractivity (Wildman–Crippen MR) is 80.0 cm³/mol. The molecular formula is C16H16F3NS. The molecule has 21 heavy (non-hydrogen) atoms. The molecule has 0 saturated heterocycles. The van der Waals surface area contributed by atoms with Gasteiger partial charge in [0.15, 0.2) is 0 Å². The number of thioether (sulfide) groups is 1. The Bertz CT molecular complexity index is 604. The molecule has 1 unspecified atom stereocenters. The van der Waals surface area contributed by atoms with Crippen molar-refractivity contribution in [2.45, 2.75) is 17.4 Å². The van der Waals surface area contributed by atoms with Gasteiger partial charge in [-0.2, -0.15) is 0 Å². The van der Waals surface area contributed by atoms with Gasteiger partial charge in [0.05, 0.1) is 0 Å². The number of hydrogen-bond acceptors (Lipinski definition) is 2. The molecule has 0 amide bonds. The molecule has 1 nitrogen and oxygen atoms in total. The first-order valence-electron chi connectivity index (χ1n) is 6.58. The van der Waals surface area contributed by atoms with Gasteiger partial charge in [0.2, 0.25) is 0 Å². The molecule has 0 radical (unpaired) electrons. The van der Waals surface area contributed by atoms with Crippen molar-refractivity contribution < 1.29 is 13.2 Å². The molecule has 0 spiro atoms. The zero-order valence-electron chi connectivity index (χ0n) is 11.6. The zero-order chi connectivity index (χ0) is 15.2. The van der Waals surface area contributed by atoms with Gasteiger partial charge >= 0.3 is 0 Å². The molecule has 5 heteroatoms. The van der Waals surface area contributed by atoms with Crippen LogP contribution in [0.2, 0.25) is 0 Å². The van der Waals surface area contributed by atoms with E-state index in [1.54, 1.807) is 13.1 Å². The van der Waals surface area contributed by atoms with Gasteiger partial charge in [-0.25, -0.2) is 13.2 Å². The van der Waals surface area contributed by atoms with Crippen molar-refractivity contribution in [1.29, 1.82) is 0 Å². The highest BCUT2D eigenvalue weighted by molar-refractivity contribution is 7.99. The molecule has 2 rings (SSSR count). The topological polar surface area (TPSA) is 12.0 Å². The smallest absolute Gasteiger partial charge is 0.126 e. The molecule has 0 saturated carbocycles. The fraction of sp³-hybridized carbons (Fsp3) is 0.250. The van der Waals surface area contributed by atoms with Crippen molar-refractivity contribution in [1.82, 2.24) is 5.32 Å². The summed E-state index contributed by atoms with van der Waals surface area (Å²) in [7, 11) is 1.77. The summed E-state index contributed by atoms with van der Waals surface area (Å²) in [6, 6.07) is 9.75. The summed E-state index contributed by atoms with van der Waals surface area (Å²) >= 11 is 1.48. The quantitative estimate of drug-likeness (QED) is 0.809. The standard InChI is InChI=1S/C16H16F3NS/c1-20-14(8-11-7-13(18)5-6-16(11)19)10-21-15-4-2-3-12(17)9-15/h2-7,9,14,20H,8,10H2,1H3. The number of nitrogens with one attached hydrogen (secondary N) is 1. The average Bonchev–Trinajstić information content (AvgIpc) is 2.47. The van der Waals surface area contributed by atoms with Crippen LogP contribution in [0, 0.1) is 17.5 Å². The lowest BCUT2D eigenvalue weighted by Crippen LogP contribution is -2.30. The summed E-state index contributed by atoms with van der Waals surface area (Å²) in [6.45, 7) is 0. The number of likely N-dealkylation sites (N-methyl/N-ethyl adjacent to an activating group) is 1. The molecule has 2 aromatic rings. The molecule has 0 heterocycles. The van der Waals surface area contributed by atoms with Crippen molar-refractivity contribution >= 4 is 11.8 Å². The summed E-state index contributed by atoms with van der Waals surface area (Å²) in [5.41, 5.74) is 0.342. The maximum atomic E-state index is 13.6. The Morgan fingerprint density at radius 2 is 1.81 bits per heavy atom. The molecule has 0 aliphatic rings. The Kier molecular flexibility index (Phi) is 5.70. The van der Waals surface area contributed by atoms with Crippen LogP contribution in [0.25, 0.3) is 0 Å². The van der Waals surface area contributed by atoms with E-state index < -0.39 is 11.6 Å². The lowest BCUT2D eigenvalue weighted by molar-refractivity contribution is 0.555. The minimum absolute atomic E-state index is 0.0328. The number of halogens is 3. The van der Waals surface area contributed by atoms with Crippen LogP contribution in [0.3, 0.4) is 0 Å². The van der Waals surface area contributed by atoms with Crippen molar-refractivity contribution in [2.75, 3.05) is 12.8 Å². The van der Waals surface area contributed by atoms with Gasteiger partial charge in [-0.05, 0) is 55.4 Å². The van der Waals surface area contributed by atoms with E-state index in [1.165, 1.54) is 30.0 Å². The van der Waals surface area contributed by atoms with Crippen molar-refractivity contribution in [3.63, 3.8) is 0 Å². The average molecular weight is 311 g/mol. The van der Waals surface area contributed by atoms with Crippen LogP contribution in [-0.2, 0) is 6.42 Å². The molecule has 0 fully saturated rings. The first-order valence-corrected chi connectivity index (χ1v) is 7.56. The van der Waals surface area contributed by atoms with Gasteiger partial charge < -0.3 is 5.32 Å². The van der Waals surface area contributed by atoms with Gasteiger partial charge in [0.1, 0.15) is 17.5 Å². The summed E-state index contributed by atoms with van der Waals surface area (Å²) in [5, 5.41) is 3.08. The van der Waals surface area contributed by atoms with Gasteiger partial charge in [-0.1, -0.05) is 6.07 Å². The second kappa shape index (κ2) is 7.52. The molecular weight excluding hydrogens is 295 g/mol. The minimum Gasteiger partial charge on any atom is -0.316 e. The molecule has 1 atom stereocenters. The number of hydrogen-bond donors (Lipinski definition) is 1. The number of benzene rings is 2. The largest absolute Gasteiger partial charge is 0.316 e. The highest BCUT2D eigenvalue weighted by Gasteiger charge is 2.12. The van der Waals surface area contributed by atoms with Crippen LogP contribution < -0.4 is 5.32 Å². The second-order valence-corrected chi connectivity index (χ2v) is 5.79. The highest BCUT2D eigenvalue weighted by Crippen LogP contribution is 2.21. The molecule has 1 N–H and O–H groups in total. The fourth-order valence-electron chi connectivity index (χ4n) is 1.96. The van der Waals surface area contributed by atoms with Crippen LogP contribution in [0.4, 0.5) is 13.2 Å². The third kappa shape index (κ3) is 4.79. The normalized spacial score (nSPS) is 12.4. The van der Waals surface area contributed by atoms with E-state index in [0.29, 0.717) is 17.7 Å². The summed E-state index contributed by atoms with van der Waals surface area (Å²) in [4.78, 5) is 0.815. The summed E-state index contributed by atoms with van der Waals surface area (Å²) < 4.78 is 39.9. The molecule has 0 aliphatic heterocycles. The third-order valence-corrected chi connectivity index (χ3v) is 4.29. The SMILES string of the molecule is CNC(CSc1cccc(F)c1)Cc1cc(F)ccc1F. The van der Waals surface area contributed by atoms with Crippen LogP contribution in [0.15, 0.2) is 47.4 Å². The van der Waals surface area contributed by atoms with Crippen LogP contribution in [-0.4, -0.2) is 18.8 Å². The predicted octanol–water partition coefficient (Wildman–Crippen LogP) is 4.03. The number of rotatable bonds is 6. The monoisotopic (exact) mass is 311 g/mol. The molecule has 0 aliphatic carbocycles. The Morgan fingerprint density at radius 3 is 2.52 bits per heavy atom. The second-order valence-electron chi connectivity index (χ2n) is 4.69. The molecule has 0 aromatic heterocycles. The highest BCUT2D eigenvalue weighted by atomic mass is 32.2. The first kappa shape index (κ1) is 15.9. The maximum absolute atomic E-state index is 13.6. The Morgan fingerprint density at radius 1 is 1.05 bits per heavy atom. The lowest BCUT2D eigenvalue weighted by atomic mass is 10.1. The van der Waals surface area contributed by atoms with Gasteiger partial charge in [-0.15, -0.1) is 11.8 Å². The fourth-order valence-corrected chi connectivity index (χ4v) is 3.01. The Balaban J connectivity index is 1.98. The molecule has 112 valence electrons. The maximum Gasteiger partial charge on any atom is 0.126 e. The van der Waals surface area contributed by atoms with E-state index in [0.717, 1.165) is 17.0 Å². The van der Waals surface area contributed by atoms with E-state index in [2.05, 4.69) is 5.32 Å². The third-order valence-electron chi connectivity index (χ3n) is 3.13. The van der Waals surface area contributed by atoms with Crippen LogP contribution >= 0.6 is 11.8 Å². The van der Waals surface area contributed by atoms with Gasteiger partial charge in [-0.3, -0.25) is 0 Å². The van der Waals surface area contributed by atoms with Gasteiger partial charge in [0, 0.05) is 16.7 Å². The van der Waals surface area contributed by atoms with Crippen molar-refractivity contribution in [3.05, 3.63) is 65.5 Å². The summed E-state index contributed by atoms with van der Waals surface area (Å²) in [6.07, 6.45) is 0.377. The molecule has 0 bridgehead atoms. The van der Waals surface area contributed by atoms with E-state index in [-0.39, 0.29) is 11.9 Å². The van der Waals surface area contributed by atoms with E-state index >= 15 is 0 Å². The Hall–Kier alpha value is -1.46. The van der Waals surface area contributed by atoms with Crippen LogP contribution in [0.1, 0.15) is 5.56 Å². The minimum atomic E-state index is -0.445. The first-order chi connectivity index (χ1) is 10.1. The van der Waals surface area contributed by atoms with Gasteiger partial charge in [0.25, 0.3) is 0 Å². The van der Waals surface area contributed by atoms with E-state index in [9.17, 15) is 13.2 Å². The Labute approximate surface area is 126 Å². The van der Waals surface area contributed by atoms with Crippen LogP contribution in [0.5, 0.6) is 0 Å². The van der Waals surface area contributed by atoms with Crippen molar-refractivity contribution in [2.24, 2.45) is 0 Å². The zero-order valence-corrected chi connectivity index (χ0v) is 12.4. The van der Waals surface area contributed by atoms with E-state index in [1.807, 2.05) is 6.07 Å². The lowest BCUT2D eigenvalue weighted by Gasteiger charge is -2.16. The summed E-state index contributed by atoms with van der Waals surface area (Å²) in [5.74, 6) is -0.501. The van der Waals surface area contributed by atoms with Crippen molar-refractivity contribution in [3.8, 4) is 0 Å².